The summed E-state index contributed by atoms with van der Waals surface area (Å²) in [6.07, 6.45) is 0.284. The fraction of sp³-hybridized carbons (Fsp3) is 0.167. The lowest BCUT2D eigenvalue weighted by Gasteiger charge is -2.09. The van der Waals surface area contributed by atoms with Crippen LogP contribution < -0.4 is 15.4 Å². The van der Waals surface area contributed by atoms with Crippen LogP contribution in [0.1, 0.15) is 27.9 Å². The van der Waals surface area contributed by atoms with Crippen LogP contribution in [0.5, 0.6) is 5.75 Å². The molecule has 3 rings (SSSR count). The van der Waals surface area contributed by atoms with E-state index in [1.165, 1.54) is 0 Å². The number of hydrogen-bond donors (Lipinski definition) is 2. The first-order chi connectivity index (χ1) is 14.1. The zero-order chi connectivity index (χ0) is 20.5. The molecule has 3 aromatic rings. The van der Waals surface area contributed by atoms with Crippen molar-refractivity contribution in [1.29, 1.82) is 0 Å². The number of hydrogen-bond acceptors (Lipinski definition) is 3. The van der Waals surface area contributed by atoms with Crippen LogP contribution in [-0.2, 0) is 11.3 Å². The number of rotatable bonds is 8. The maximum atomic E-state index is 12.3. The Kier molecular flexibility index (Phi) is 7.00. The number of nitrogens with one attached hydrogen (secondary N) is 2. The largest absolute Gasteiger partial charge is 0.493 e. The highest BCUT2D eigenvalue weighted by molar-refractivity contribution is 6.04. The van der Waals surface area contributed by atoms with Crippen molar-refractivity contribution in [2.24, 2.45) is 0 Å². The van der Waals surface area contributed by atoms with Crippen LogP contribution in [0, 0.1) is 6.92 Å². The fourth-order valence-corrected chi connectivity index (χ4v) is 2.68. The Morgan fingerprint density at radius 3 is 2.24 bits per heavy atom. The molecule has 0 aliphatic carbocycles. The summed E-state index contributed by atoms with van der Waals surface area (Å²) in [5.41, 5.74) is 3.39. The third kappa shape index (κ3) is 6.50. The lowest BCUT2D eigenvalue weighted by molar-refractivity contribution is -0.121. The van der Waals surface area contributed by atoms with Crippen molar-refractivity contribution in [1.82, 2.24) is 5.32 Å². The van der Waals surface area contributed by atoms with Gasteiger partial charge in [0, 0.05) is 17.8 Å². The minimum Gasteiger partial charge on any atom is -0.493 e. The van der Waals surface area contributed by atoms with E-state index in [9.17, 15) is 9.59 Å². The van der Waals surface area contributed by atoms with E-state index in [4.69, 9.17) is 4.74 Å². The third-order valence-corrected chi connectivity index (χ3v) is 4.36. The molecule has 5 nitrogen and oxygen atoms in total. The van der Waals surface area contributed by atoms with E-state index in [0.717, 1.165) is 22.6 Å². The number of aryl methyl sites for hydroxylation is 1. The second kappa shape index (κ2) is 10.1. The molecule has 3 aromatic carbocycles. The van der Waals surface area contributed by atoms with Crippen molar-refractivity contribution in [3.8, 4) is 5.75 Å². The Labute approximate surface area is 170 Å². The van der Waals surface area contributed by atoms with Gasteiger partial charge in [-0.05, 0) is 48.9 Å². The van der Waals surface area contributed by atoms with Gasteiger partial charge in [0.1, 0.15) is 5.75 Å². The summed E-state index contributed by atoms with van der Waals surface area (Å²) in [4.78, 5) is 24.3. The summed E-state index contributed by atoms with van der Waals surface area (Å²) in [5, 5.41) is 5.73. The highest BCUT2D eigenvalue weighted by atomic mass is 16.5. The zero-order valence-corrected chi connectivity index (χ0v) is 16.4. The normalized spacial score (nSPS) is 10.2. The van der Waals surface area contributed by atoms with E-state index in [0.29, 0.717) is 18.7 Å². The van der Waals surface area contributed by atoms with Crippen LogP contribution in [0.25, 0.3) is 0 Å². The monoisotopic (exact) mass is 388 g/mol. The van der Waals surface area contributed by atoms with Gasteiger partial charge in [-0.25, -0.2) is 0 Å². The van der Waals surface area contributed by atoms with Crippen LogP contribution in [0.15, 0.2) is 78.9 Å². The Bertz CT molecular complexity index is 936. The van der Waals surface area contributed by atoms with E-state index >= 15 is 0 Å². The van der Waals surface area contributed by atoms with Gasteiger partial charge in [-0.3, -0.25) is 9.59 Å². The first-order valence-corrected chi connectivity index (χ1v) is 9.52. The smallest absolute Gasteiger partial charge is 0.255 e. The number of carbonyl (C=O) groups excluding carboxylic acids is 2. The van der Waals surface area contributed by atoms with E-state index in [-0.39, 0.29) is 18.2 Å². The average molecular weight is 388 g/mol. The van der Waals surface area contributed by atoms with Gasteiger partial charge in [-0.1, -0.05) is 48.0 Å². The van der Waals surface area contributed by atoms with E-state index in [1.807, 2.05) is 73.7 Å². The highest BCUT2D eigenvalue weighted by Gasteiger charge is 2.07. The molecule has 29 heavy (non-hydrogen) atoms. The van der Waals surface area contributed by atoms with Crippen molar-refractivity contribution in [3.63, 3.8) is 0 Å². The molecule has 0 saturated heterocycles. The number of para-hydroxylation sites is 1. The summed E-state index contributed by atoms with van der Waals surface area (Å²) in [6.45, 7) is 2.73. The summed E-state index contributed by atoms with van der Waals surface area (Å²) < 4.78 is 5.52. The molecule has 0 heterocycles. The fourth-order valence-electron chi connectivity index (χ4n) is 2.68. The molecule has 0 saturated carbocycles. The quantitative estimate of drug-likeness (QED) is 0.603. The molecule has 0 aliphatic rings. The number of ether oxygens (including phenoxy) is 1. The predicted molar refractivity (Wildman–Crippen MR) is 114 cm³/mol. The molecule has 0 radical (unpaired) electrons. The van der Waals surface area contributed by atoms with Gasteiger partial charge < -0.3 is 15.4 Å². The lowest BCUT2D eigenvalue weighted by atomic mass is 10.1. The Morgan fingerprint density at radius 1 is 0.862 bits per heavy atom. The van der Waals surface area contributed by atoms with E-state index in [1.54, 1.807) is 12.1 Å². The van der Waals surface area contributed by atoms with Crippen LogP contribution in [0.2, 0.25) is 0 Å². The number of benzene rings is 3. The van der Waals surface area contributed by atoms with Crippen molar-refractivity contribution in [2.45, 2.75) is 19.9 Å². The van der Waals surface area contributed by atoms with Gasteiger partial charge in [0.05, 0.1) is 13.0 Å². The molecular formula is C24H24N2O3. The Morgan fingerprint density at radius 2 is 1.55 bits per heavy atom. The van der Waals surface area contributed by atoms with Gasteiger partial charge in [-0.15, -0.1) is 0 Å². The molecule has 0 unspecified atom stereocenters. The van der Waals surface area contributed by atoms with Gasteiger partial charge in [0.15, 0.2) is 0 Å². The van der Waals surface area contributed by atoms with Crippen LogP contribution in [-0.4, -0.2) is 18.4 Å². The van der Waals surface area contributed by atoms with E-state index in [2.05, 4.69) is 10.6 Å². The van der Waals surface area contributed by atoms with Crippen molar-refractivity contribution in [3.05, 3.63) is 95.6 Å². The van der Waals surface area contributed by atoms with Crippen LogP contribution >= 0.6 is 0 Å². The van der Waals surface area contributed by atoms with Gasteiger partial charge in [-0.2, -0.15) is 0 Å². The summed E-state index contributed by atoms with van der Waals surface area (Å²) in [7, 11) is 0. The van der Waals surface area contributed by atoms with Crippen molar-refractivity contribution in [2.75, 3.05) is 11.9 Å². The molecule has 2 amide bonds. The van der Waals surface area contributed by atoms with Crippen LogP contribution in [0.3, 0.4) is 0 Å². The zero-order valence-electron chi connectivity index (χ0n) is 16.4. The summed E-state index contributed by atoms with van der Waals surface area (Å²) in [5.74, 6) is 0.504. The van der Waals surface area contributed by atoms with Crippen molar-refractivity contribution >= 4 is 17.5 Å². The Hall–Kier alpha value is -3.60. The highest BCUT2D eigenvalue weighted by Crippen LogP contribution is 2.12. The minimum atomic E-state index is -0.164. The second-order valence-electron chi connectivity index (χ2n) is 6.71. The topological polar surface area (TPSA) is 67.4 Å². The lowest BCUT2D eigenvalue weighted by Crippen LogP contribution is -2.24. The molecule has 5 heteroatoms. The number of carbonyl (C=O) groups is 2. The second-order valence-corrected chi connectivity index (χ2v) is 6.71. The first-order valence-electron chi connectivity index (χ1n) is 9.52. The molecule has 0 atom stereocenters. The molecule has 0 fully saturated rings. The first kappa shape index (κ1) is 20.1. The maximum absolute atomic E-state index is 12.3. The number of anilines is 1. The van der Waals surface area contributed by atoms with Gasteiger partial charge >= 0.3 is 0 Å². The molecule has 0 aromatic heterocycles. The molecular weight excluding hydrogens is 364 g/mol. The van der Waals surface area contributed by atoms with E-state index < -0.39 is 0 Å². The SMILES string of the molecule is Cc1ccc(NC(=O)c2ccc(CNC(=O)CCOc3ccccc3)cc2)cc1. The molecule has 0 spiro atoms. The molecule has 148 valence electrons. The summed E-state index contributed by atoms with van der Waals surface area (Å²) in [6, 6.07) is 24.2. The third-order valence-electron chi connectivity index (χ3n) is 4.36. The van der Waals surface area contributed by atoms with Crippen molar-refractivity contribution < 1.29 is 14.3 Å². The Balaban J connectivity index is 1.42. The molecule has 2 N–H and O–H groups in total. The maximum Gasteiger partial charge on any atom is 0.255 e. The standard InChI is InChI=1S/C24H24N2O3/c1-18-7-13-21(14-8-18)26-24(28)20-11-9-19(10-12-20)17-25-23(27)15-16-29-22-5-3-2-4-6-22/h2-14H,15-17H2,1H3,(H,25,27)(H,26,28). The van der Waals surface area contributed by atoms with Crippen LogP contribution in [0.4, 0.5) is 5.69 Å². The number of amides is 2. The van der Waals surface area contributed by atoms with Gasteiger partial charge in [0.2, 0.25) is 5.91 Å². The molecule has 0 aliphatic heterocycles. The predicted octanol–water partition coefficient (Wildman–Crippen LogP) is 4.33. The van der Waals surface area contributed by atoms with Gasteiger partial charge in [0.25, 0.3) is 5.91 Å². The minimum absolute atomic E-state index is 0.0814. The molecule has 0 bridgehead atoms. The average Bonchev–Trinajstić information content (AvgIpc) is 2.75. The summed E-state index contributed by atoms with van der Waals surface area (Å²) >= 11 is 0.